The molecule has 208 valence electrons. The predicted octanol–water partition coefficient (Wildman–Crippen LogP) is 1.24. The summed E-state index contributed by atoms with van der Waals surface area (Å²) in [5, 5.41) is 24.2. The van der Waals surface area contributed by atoms with Crippen molar-refractivity contribution < 1.29 is 33.7 Å². The third-order valence-corrected chi connectivity index (χ3v) is 5.62. The molecule has 1 atom stereocenters. The second-order valence-corrected chi connectivity index (χ2v) is 9.25. The van der Waals surface area contributed by atoms with Gasteiger partial charge in [0.1, 0.15) is 11.5 Å². The number of fused-ring (bicyclic) bond motifs is 1. The third-order valence-electron chi connectivity index (χ3n) is 5.62. The van der Waals surface area contributed by atoms with E-state index in [1.807, 2.05) is 0 Å². The minimum absolute atomic E-state index is 0.0620. The number of amides is 3. The summed E-state index contributed by atoms with van der Waals surface area (Å²) >= 11 is 0. The van der Waals surface area contributed by atoms with E-state index >= 15 is 0 Å². The van der Waals surface area contributed by atoms with Crippen molar-refractivity contribution >= 4 is 34.5 Å². The first kappa shape index (κ1) is 29.1. The van der Waals surface area contributed by atoms with Crippen molar-refractivity contribution in [3.05, 3.63) is 76.6 Å². The molecule has 3 amide bonds. The lowest BCUT2D eigenvalue weighted by atomic mass is 10.0. The Bertz CT molecular complexity index is 1460. The van der Waals surface area contributed by atoms with Crippen molar-refractivity contribution in [2.75, 3.05) is 33.5 Å². The summed E-state index contributed by atoms with van der Waals surface area (Å²) < 4.78 is 19.8. The van der Waals surface area contributed by atoms with Crippen LogP contribution in [0, 0.1) is 5.82 Å². The smallest absolute Gasteiger partial charge is 0.410 e. The van der Waals surface area contributed by atoms with Gasteiger partial charge in [0.25, 0.3) is 11.5 Å². The highest BCUT2D eigenvalue weighted by Crippen LogP contribution is 2.20. The maximum absolute atomic E-state index is 13.5. The van der Waals surface area contributed by atoms with Crippen LogP contribution in [0.3, 0.4) is 0 Å². The molecule has 3 rings (SSSR count). The standard InChI is InChI=1S/C26H30FN5O7/c1-30(2)21(33)8-5-11-26(37,38)22(39-25(36)31(3)4)23(34)29-20-7-6-12-32(24(20)35)15-18-14-16-13-17(27)9-10-19(16)28-18/h5-10,12-14,22,28,37-38H,11,15H2,1-4H3,(H,29,34)/b8-5+. The van der Waals surface area contributed by atoms with E-state index < -0.39 is 47.6 Å². The van der Waals surface area contributed by atoms with Gasteiger partial charge >= 0.3 is 6.09 Å². The molecular formula is C26H30FN5O7. The van der Waals surface area contributed by atoms with Gasteiger partial charge in [-0.15, -0.1) is 0 Å². The number of rotatable bonds is 9. The number of likely N-dealkylation sites (N-methyl/N-ethyl adjacent to an activating group) is 1. The number of carbonyl (C=O) groups excluding carboxylic acids is 3. The number of hydrogen-bond donors (Lipinski definition) is 4. The van der Waals surface area contributed by atoms with Gasteiger partial charge in [0.15, 0.2) is 0 Å². The minimum Gasteiger partial charge on any atom is -0.430 e. The Morgan fingerprint density at radius 3 is 2.54 bits per heavy atom. The van der Waals surface area contributed by atoms with Crippen LogP contribution in [0.4, 0.5) is 14.9 Å². The summed E-state index contributed by atoms with van der Waals surface area (Å²) in [4.78, 5) is 55.4. The lowest BCUT2D eigenvalue weighted by Gasteiger charge is -2.30. The molecule has 2 heterocycles. The molecule has 0 fully saturated rings. The molecule has 0 aliphatic heterocycles. The highest BCUT2D eigenvalue weighted by atomic mass is 19.1. The van der Waals surface area contributed by atoms with Gasteiger partial charge in [-0.3, -0.25) is 14.4 Å². The summed E-state index contributed by atoms with van der Waals surface area (Å²) in [6.45, 7) is 0.0620. The van der Waals surface area contributed by atoms with Crippen molar-refractivity contribution in [1.29, 1.82) is 0 Å². The van der Waals surface area contributed by atoms with E-state index in [2.05, 4.69) is 10.3 Å². The van der Waals surface area contributed by atoms with Crippen molar-refractivity contribution in [2.24, 2.45) is 0 Å². The molecule has 0 bridgehead atoms. The Morgan fingerprint density at radius 1 is 1.15 bits per heavy atom. The number of halogens is 1. The number of nitrogens with one attached hydrogen (secondary N) is 2. The molecule has 13 heteroatoms. The molecule has 12 nitrogen and oxygen atoms in total. The molecule has 4 N–H and O–H groups in total. The zero-order chi connectivity index (χ0) is 28.9. The second kappa shape index (κ2) is 11.9. The number of nitrogens with zero attached hydrogens (tertiary/aromatic N) is 3. The first-order chi connectivity index (χ1) is 18.3. The SMILES string of the molecule is CN(C)C(=O)/C=C/CC(O)(O)C(OC(=O)N(C)C)C(=O)Nc1cccn(Cc2cc3cc(F)ccc3[nH]2)c1=O. The molecule has 1 unspecified atom stereocenters. The number of carbonyl (C=O) groups is 3. The maximum Gasteiger partial charge on any atom is 0.410 e. The average molecular weight is 544 g/mol. The summed E-state index contributed by atoms with van der Waals surface area (Å²) in [6, 6.07) is 8.71. The monoisotopic (exact) mass is 543 g/mol. The van der Waals surface area contributed by atoms with Crippen molar-refractivity contribution in [2.45, 2.75) is 24.9 Å². The molecule has 3 aromatic rings. The van der Waals surface area contributed by atoms with E-state index in [1.54, 1.807) is 12.1 Å². The summed E-state index contributed by atoms with van der Waals surface area (Å²) in [7, 11) is 5.66. The second-order valence-electron chi connectivity index (χ2n) is 9.25. The molecule has 1 aromatic carbocycles. The molecule has 0 saturated heterocycles. The molecule has 0 saturated carbocycles. The zero-order valence-corrected chi connectivity index (χ0v) is 21.8. The van der Waals surface area contributed by atoms with E-state index in [4.69, 9.17) is 4.74 Å². The number of anilines is 1. The summed E-state index contributed by atoms with van der Waals surface area (Å²) in [5.41, 5.74) is 0.428. The molecular weight excluding hydrogens is 513 g/mol. The van der Waals surface area contributed by atoms with Crippen molar-refractivity contribution in [1.82, 2.24) is 19.4 Å². The van der Waals surface area contributed by atoms with Gasteiger partial charge in [-0.05, 0) is 42.5 Å². The van der Waals surface area contributed by atoms with Crippen LogP contribution in [0.5, 0.6) is 0 Å². The lowest BCUT2D eigenvalue weighted by molar-refractivity contribution is -0.218. The van der Waals surface area contributed by atoms with Crippen LogP contribution >= 0.6 is 0 Å². The molecule has 0 aliphatic rings. The molecule has 39 heavy (non-hydrogen) atoms. The normalized spacial score (nSPS) is 12.4. The molecule has 0 aliphatic carbocycles. The van der Waals surface area contributed by atoms with Crippen LogP contribution in [0.15, 0.2) is 59.5 Å². The van der Waals surface area contributed by atoms with E-state index in [1.165, 1.54) is 68.1 Å². The van der Waals surface area contributed by atoms with Crippen LogP contribution in [0.25, 0.3) is 10.9 Å². The molecule has 0 radical (unpaired) electrons. The molecule has 2 aromatic heterocycles. The van der Waals surface area contributed by atoms with E-state index in [0.29, 0.717) is 16.6 Å². The highest BCUT2D eigenvalue weighted by Gasteiger charge is 2.43. The van der Waals surface area contributed by atoms with Gasteiger partial charge in [-0.25, -0.2) is 9.18 Å². The number of ether oxygens (including phenoxy) is 1. The number of pyridine rings is 1. The van der Waals surface area contributed by atoms with Gasteiger partial charge in [-0.1, -0.05) is 6.08 Å². The largest absolute Gasteiger partial charge is 0.430 e. The van der Waals surface area contributed by atoms with E-state index in [-0.39, 0.29) is 12.2 Å². The number of aliphatic hydroxyl groups is 2. The number of hydrogen-bond acceptors (Lipinski definition) is 7. The first-order valence-corrected chi connectivity index (χ1v) is 11.8. The number of H-pyrrole nitrogens is 1. The Hall–Kier alpha value is -4.49. The number of benzene rings is 1. The van der Waals surface area contributed by atoms with Crippen molar-refractivity contribution in [3.63, 3.8) is 0 Å². The van der Waals surface area contributed by atoms with Gasteiger partial charge in [-0.2, -0.15) is 0 Å². The lowest BCUT2D eigenvalue weighted by Crippen LogP contribution is -2.53. The van der Waals surface area contributed by atoms with Gasteiger partial charge in [0.05, 0.1) is 6.54 Å². The third kappa shape index (κ3) is 7.30. The minimum atomic E-state index is -2.92. The quantitative estimate of drug-likeness (QED) is 0.234. The predicted molar refractivity (Wildman–Crippen MR) is 140 cm³/mol. The molecule has 0 spiro atoms. The topological polar surface area (TPSA) is 157 Å². The fraction of sp³-hybridized carbons (Fsp3) is 0.308. The van der Waals surface area contributed by atoms with Gasteiger partial charge < -0.3 is 39.6 Å². The van der Waals surface area contributed by atoms with Crippen LogP contribution in [0.1, 0.15) is 12.1 Å². The van der Waals surface area contributed by atoms with Crippen LogP contribution in [0.2, 0.25) is 0 Å². The Labute approximate surface area is 222 Å². The fourth-order valence-electron chi connectivity index (χ4n) is 3.54. The van der Waals surface area contributed by atoms with E-state index in [9.17, 15) is 33.8 Å². The average Bonchev–Trinajstić information content (AvgIpc) is 3.25. The number of aromatic amines is 1. The van der Waals surface area contributed by atoms with E-state index in [0.717, 1.165) is 17.1 Å². The van der Waals surface area contributed by atoms with Crippen LogP contribution in [-0.4, -0.2) is 87.6 Å². The summed E-state index contributed by atoms with van der Waals surface area (Å²) in [5.74, 6) is -4.95. The number of aromatic nitrogens is 2. The fourth-order valence-corrected chi connectivity index (χ4v) is 3.54. The van der Waals surface area contributed by atoms with Crippen molar-refractivity contribution in [3.8, 4) is 0 Å². The Balaban J connectivity index is 1.84. The Kier molecular flexibility index (Phi) is 8.89. The highest BCUT2D eigenvalue weighted by molar-refractivity contribution is 5.96. The first-order valence-electron chi connectivity index (χ1n) is 11.8. The van der Waals surface area contributed by atoms with Gasteiger partial charge in [0.2, 0.25) is 17.8 Å². The maximum atomic E-state index is 13.5. The van der Waals surface area contributed by atoms with Gasteiger partial charge in [0, 0.05) is 57.4 Å². The van der Waals surface area contributed by atoms with Crippen LogP contribution < -0.4 is 10.9 Å². The van der Waals surface area contributed by atoms with Crippen LogP contribution in [-0.2, 0) is 20.9 Å². The zero-order valence-electron chi connectivity index (χ0n) is 21.8. The Morgan fingerprint density at radius 2 is 1.87 bits per heavy atom. The summed E-state index contributed by atoms with van der Waals surface area (Å²) in [6.07, 6.45) is -0.195.